The van der Waals surface area contributed by atoms with Crippen molar-refractivity contribution in [3.8, 4) is 0 Å². The molecule has 1 N–H and O–H groups in total. The van der Waals surface area contributed by atoms with Crippen LogP contribution in [0.3, 0.4) is 0 Å². The van der Waals surface area contributed by atoms with E-state index in [0.29, 0.717) is 13.1 Å². The van der Waals surface area contributed by atoms with Gasteiger partial charge in [0.1, 0.15) is 0 Å². The summed E-state index contributed by atoms with van der Waals surface area (Å²) in [6, 6.07) is 5.95. The highest BCUT2D eigenvalue weighted by atomic mass is 16.5. The van der Waals surface area contributed by atoms with Crippen LogP contribution in [0.4, 0.5) is 5.69 Å². The smallest absolute Gasteiger partial charge is 0.227 e. The first-order chi connectivity index (χ1) is 12.1. The number of hydrogen-bond acceptors (Lipinski definition) is 4. The SMILES string of the molecule is Cc1cccc(N2C[C@H](C(=O)NCCN3CCOCC3)CC2=O)c1C. The molecule has 0 aliphatic carbocycles. The molecule has 2 amide bonds. The zero-order valence-corrected chi connectivity index (χ0v) is 15.1. The van der Waals surface area contributed by atoms with E-state index in [9.17, 15) is 9.59 Å². The summed E-state index contributed by atoms with van der Waals surface area (Å²) in [5, 5.41) is 2.99. The van der Waals surface area contributed by atoms with Gasteiger partial charge in [0.15, 0.2) is 0 Å². The van der Waals surface area contributed by atoms with Gasteiger partial charge in [-0.15, -0.1) is 0 Å². The minimum Gasteiger partial charge on any atom is -0.379 e. The molecule has 2 saturated heterocycles. The average molecular weight is 345 g/mol. The van der Waals surface area contributed by atoms with E-state index in [-0.39, 0.29) is 24.2 Å². The van der Waals surface area contributed by atoms with Crippen LogP contribution in [0.2, 0.25) is 0 Å². The number of nitrogens with one attached hydrogen (secondary N) is 1. The van der Waals surface area contributed by atoms with Crippen LogP contribution in [0.25, 0.3) is 0 Å². The Hall–Kier alpha value is -1.92. The summed E-state index contributed by atoms with van der Waals surface area (Å²) in [6.45, 7) is 9.32. The molecule has 0 aromatic heterocycles. The van der Waals surface area contributed by atoms with E-state index in [2.05, 4.69) is 10.2 Å². The van der Waals surface area contributed by atoms with E-state index >= 15 is 0 Å². The Bertz CT molecular complexity index is 641. The number of nitrogens with zero attached hydrogens (tertiary/aromatic N) is 2. The van der Waals surface area contributed by atoms with E-state index in [0.717, 1.165) is 49.7 Å². The molecule has 1 aromatic carbocycles. The number of ether oxygens (including phenoxy) is 1. The van der Waals surface area contributed by atoms with Crippen molar-refractivity contribution in [1.29, 1.82) is 0 Å². The van der Waals surface area contributed by atoms with Crippen molar-refractivity contribution in [1.82, 2.24) is 10.2 Å². The van der Waals surface area contributed by atoms with E-state index in [1.165, 1.54) is 0 Å². The van der Waals surface area contributed by atoms with Gasteiger partial charge in [-0.3, -0.25) is 14.5 Å². The Morgan fingerprint density at radius 3 is 2.80 bits per heavy atom. The Morgan fingerprint density at radius 2 is 2.04 bits per heavy atom. The Morgan fingerprint density at radius 1 is 1.28 bits per heavy atom. The first kappa shape index (κ1) is 17.9. The first-order valence-electron chi connectivity index (χ1n) is 9.00. The first-order valence-corrected chi connectivity index (χ1v) is 9.00. The van der Waals surface area contributed by atoms with Gasteiger partial charge in [-0.1, -0.05) is 12.1 Å². The number of hydrogen-bond donors (Lipinski definition) is 1. The number of anilines is 1. The molecule has 136 valence electrons. The van der Waals surface area contributed by atoms with Crippen LogP contribution in [-0.2, 0) is 14.3 Å². The molecule has 6 nitrogen and oxygen atoms in total. The average Bonchev–Trinajstić information content (AvgIpc) is 3.00. The Balaban J connectivity index is 1.53. The lowest BCUT2D eigenvalue weighted by molar-refractivity contribution is -0.126. The molecule has 2 aliphatic rings. The number of morpholine rings is 1. The molecule has 1 atom stereocenters. The summed E-state index contributed by atoms with van der Waals surface area (Å²) in [5.41, 5.74) is 3.18. The summed E-state index contributed by atoms with van der Waals surface area (Å²) in [4.78, 5) is 28.9. The summed E-state index contributed by atoms with van der Waals surface area (Å²) in [7, 11) is 0. The molecule has 0 spiro atoms. The van der Waals surface area contributed by atoms with Crippen LogP contribution in [0.15, 0.2) is 18.2 Å². The lowest BCUT2D eigenvalue weighted by atomic mass is 10.1. The maximum atomic E-state index is 12.4. The van der Waals surface area contributed by atoms with E-state index in [4.69, 9.17) is 4.74 Å². The van der Waals surface area contributed by atoms with Crippen LogP contribution < -0.4 is 10.2 Å². The molecular formula is C19H27N3O3. The third-order valence-corrected chi connectivity index (χ3v) is 5.19. The quantitative estimate of drug-likeness (QED) is 0.868. The van der Waals surface area contributed by atoms with Gasteiger partial charge in [0.2, 0.25) is 11.8 Å². The van der Waals surface area contributed by atoms with Gasteiger partial charge >= 0.3 is 0 Å². The minimum absolute atomic E-state index is 0.0191. The second kappa shape index (κ2) is 7.97. The minimum atomic E-state index is -0.267. The van der Waals surface area contributed by atoms with Gasteiger partial charge in [0.05, 0.1) is 19.1 Å². The highest BCUT2D eigenvalue weighted by Crippen LogP contribution is 2.29. The number of benzene rings is 1. The molecule has 0 unspecified atom stereocenters. The van der Waals surface area contributed by atoms with E-state index in [1.807, 2.05) is 32.0 Å². The monoisotopic (exact) mass is 345 g/mol. The fraction of sp³-hybridized carbons (Fsp3) is 0.579. The van der Waals surface area contributed by atoms with Crippen LogP contribution in [-0.4, -0.2) is 62.7 Å². The molecular weight excluding hydrogens is 318 g/mol. The number of amides is 2. The van der Waals surface area contributed by atoms with Crippen molar-refractivity contribution in [2.75, 3.05) is 50.8 Å². The maximum Gasteiger partial charge on any atom is 0.227 e. The van der Waals surface area contributed by atoms with Gasteiger partial charge in [-0.2, -0.15) is 0 Å². The van der Waals surface area contributed by atoms with Crippen LogP contribution >= 0.6 is 0 Å². The molecule has 3 rings (SSSR count). The topological polar surface area (TPSA) is 61.9 Å². The molecule has 1 aromatic rings. The molecule has 25 heavy (non-hydrogen) atoms. The molecule has 0 bridgehead atoms. The lowest BCUT2D eigenvalue weighted by Crippen LogP contribution is -2.42. The van der Waals surface area contributed by atoms with E-state index < -0.39 is 0 Å². The summed E-state index contributed by atoms with van der Waals surface area (Å²) in [5.74, 6) is -0.256. The van der Waals surface area contributed by atoms with Gasteiger partial charge < -0.3 is 15.0 Å². The molecule has 2 aliphatic heterocycles. The van der Waals surface area contributed by atoms with Crippen molar-refractivity contribution in [3.05, 3.63) is 29.3 Å². The summed E-state index contributed by atoms with van der Waals surface area (Å²) >= 11 is 0. The van der Waals surface area contributed by atoms with Crippen LogP contribution in [0.1, 0.15) is 17.5 Å². The van der Waals surface area contributed by atoms with Crippen molar-refractivity contribution in [2.24, 2.45) is 5.92 Å². The lowest BCUT2D eigenvalue weighted by Gasteiger charge is -2.26. The van der Waals surface area contributed by atoms with Crippen LogP contribution in [0, 0.1) is 19.8 Å². The molecule has 2 heterocycles. The molecule has 2 fully saturated rings. The molecule has 6 heteroatoms. The van der Waals surface area contributed by atoms with Crippen molar-refractivity contribution < 1.29 is 14.3 Å². The number of aryl methyl sites for hydroxylation is 1. The standard InChI is InChI=1S/C19H27N3O3/c1-14-4-3-5-17(15(14)2)22-13-16(12-18(22)23)19(24)20-6-7-21-8-10-25-11-9-21/h3-5,16H,6-13H2,1-2H3,(H,20,24)/t16-/m1/s1. The normalized spacial score (nSPS) is 21.6. The molecule has 0 radical (unpaired) electrons. The van der Waals surface area contributed by atoms with E-state index in [1.54, 1.807) is 4.90 Å². The largest absolute Gasteiger partial charge is 0.379 e. The van der Waals surface area contributed by atoms with Crippen molar-refractivity contribution in [3.63, 3.8) is 0 Å². The second-order valence-corrected chi connectivity index (χ2v) is 6.87. The Kier molecular flexibility index (Phi) is 5.71. The summed E-state index contributed by atoms with van der Waals surface area (Å²) < 4.78 is 5.32. The highest BCUT2D eigenvalue weighted by Gasteiger charge is 2.35. The predicted octanol–water partition coefficient (Wildman–Crippen LogP) is 1.10. The molecule has 0 saturated carbocycles. The zero-order chi connectivity index (χ0) is 17.8. The van der Waals surface area contributed by atoms with Gasteiger partial charge in [-0.25, -0.2) is 0 Å². The Labute approximate surface area is 149 Å². The third kappa shape index (κ3) is 4.19. The zero-order valence-electron chi connectivity index (χ0n) is 15.1. The van der Waals surface area contributed by atoms with Crippen molar-refractivity contribution in [2.45, 2.75) is 20.3 Å². The fourth-order valence-corrected chi connectivity index (χ4v) is 3.45. The van der Waals surface area contributed by atoms with Gasteiger partial charge in [0, 0.05) is 44.8 Å². The second-order valence-electron chi connectivity index (χ2n) is 6.87. The number of carbonyl (C=O) groups is 2. The van der Waals surface area contributed by atoms with Gasteiger partial charge in [0.25, 0.3) is 0 Å². The predicted molar refractivity (Wildman–Crippen MR) is 96.6 cm³/mol. The van der Waals surface area contributed by atoms with Crippen LogP contribution in [0.5, 0.6) is 0 Å². The number of rotatable bonds is 5. The van der Waals surface area contributed by atoms with Crippen molar-refractivity contribution >= 4 is 17.5 Å². The fourth-order valence-electron chi connectivity index (χ4n) is 3.45. The third-order valence-electron chi connectivity index (χ3n) is 5.19. The maximum absolute atomic E-state index is 12.4. The summed E-state index contributed by atoms with van der Waals surface area (Å²) in [6.07, 6.45) is 0.288. The highest BCUT2D eigenvalue weighted by molar-refractivity contribution is 6.00. The number of carbonyl (C=O) groups excluding carboxylic acids is 2. The van der Waals surface area contributed by atoms with Gasteiger partial charge in [-0.05, 0) is 31.0 Å².